The van der Waals surface area contributed by atoms with Crippen molar-refractivity contribution in [3.05, 3.63) is 35.9 Å². The van der Waals surface area contributed by atoms with Crippen LogP contribution in [0, 0.1) is 0 Å². The molecule has 1 heterocycles. The summed E-state index contributed by atoms with van der Waals surface area (Å²) in [5.74, 6) is -3.25. The number of benzene rings is 1. The van der Waals surface area contributed by atoms with Crippen molar-refractivity contribution in [2.75, 3.05) is 13.7 Å². The highest BCUT2D eigenvalue weighted by Gasteiger charge is 2.43. The molecule has 2 rings (SSSR count). The molecule has 0 aromatic heterocycles. The van der Waals surface area contributed by atoms with E-state index in [4.69, 9.17) is 4.74 Å². The summed E-state index contributed by atoms with van der Waals surface area (Å²) >= 11 is 0. The molecule has 0 aliphatic carbocycles. The summed E-state index contributed by atoms with van der Waals surface area (Å²) in [6.45, 7) is 0.638. The van der Waals surface area contributed by atoms with Crippen LogP contribution in [0.15, 0.2) is 30.3 Å². The second-order valence-corrected chi connectivity index (χ2v) is 6.46. The zero-order valence-electron chi connectivity index (χ0n) is 17.4. The Bertz CT molecular complexity index is 890. The van der Waals surface area contributed by atoms with E-state index in [0.29, 0.717) is 5.01 Å². The smallest absolute Gasteiger partial charge is 0.441 e. The minimum Gasteiger partial charge on any atom is -0.469 e. The van der Waals surface area contributed by atoms with Crippen LogP contribution in [0.1, 0.15) is 25.3 Å². The number of carbonyl (C=O) groups excluding carboxylic acids is 6. The predicted octanol–water partition coefficient (Wildman–Crippen LogP) is 0.00810. The van der Waals surface area contributed by atoms with Gasteiger partial charge in [-0.2, -0.15) is 5.01 Å². The number of nitrogens with one attached hydrogen (secondary N) is 2. The molecule has 5 amide bonds. The van der Waals surface area contributed by atoms with Crippen LogP contribution in [-0.4, -0.2) is 65.6 Å². The summed E-state index contributed by atoms with van der Waals surface area (Å²) in [7, 11) is 1.13. The van der Waals surface area contributed by atoms with Crippen molar-refractivity contribution < 1.29 is 43.1 Å². The Labute approximate surface area is 182 Å². The fraction of sp³-hybridized carbons (Fsp3) is 0.368. The van der Waals surface area contributed by atoms with Crippen molar-refractivity contribution in [1.29, 1.82) is 0 Å². The molecule has 1 aromatic carbocycles. The van der Waals surface area contributed by atoms with Crippen LogP contribution in [0.4, 0.5) is 9.59 Å². The van der Waals surface area contributed by atoms with E-state index < -0.39 is 61.3 Å². The monoisotopic (exact) mass is 450 g/mol. The number of esters is 1. The van der Waals surface area contributed by atoms with Crippen molar-refractivity contribution in [2.24, 2.45) is 0 Å². The van der Waals surface area contributed by atoms with Crippen LogP contribution in [0.5, 0.6) is 0 Å². The van der Waals surface area contributed by atoms with Gasteiger partial charge in [-0.25, -0.2) is 19.4 Å². The third-order valence-corrected chi connectivity index (χ3v) is 4.19. The molecule has 172 valence electrons. The Balaban J connectivity index is 1.82. The zero-order valence-corrected chi connectivity index (χ0v) is 17.4. The fourth-order valence-corrected chi connectivity index (χ4v) is 2.63. The lowest BCUT2D eigenvalue weighted by Crippen LogP contribution is -2.50. The molecule has 0 spiro atoms. The summed E-state index contributed by atoms with van der Waals surface area (Å²) in [5.41, 5.74) is 2.53. The Hall–Kier alpha value is -4.16. The molecule has 1 aromatic rings. The van der Waals surface area contributed by atoms with Gasteiger partial charge in [0, 0.05) is 6.92 Å². The van der Waals surface area contributed by atoms with Crippen LogP contribution >= 0.6 is 0 Å². The maximum Gasteiger partial charge on any atom is 0.441 e. The number of imide groups is 1. The van der Waals surface area contributed by atoms with Crippen molar-refractivity contribution >= 4 is 35.9 Å². The SMILES string of the molecule is COC(=O)C[C@@H]1NC(=O)N(N(CCC(=O)ONC(=O)OCc2ccccc2)C(C)=O)C1=O. The third kappa shape index (κ3) is 6.68. The third-order valence-electron chi connectivity index (χ3n) is 4.19. The molecule has 1 saturated heterocycles. The van der Waals surface area contributed by atoms with Gasteiger partial charge in [-0.1, -0.05) is 30.3 Å². The van der Waals surface area contributed by atoms with Gasteiger partial charge in [0.15, 0.2) is 0 Å². The number of urea groups is 1. The van der Waals surface area contributed by atoms with Gasteiger partial charge in [0.2, 0.25) is 5.91 Å². The van der Waals surface area contributed by atoms with Crippen LogP contribution in [0.25, 0.3) is 0 Å². The Morgan fingerprint density at radius 2 is 1.81 bits per heavy atom. The molecule has 1 aliphatic heterocycles. The quantitative estimate of drug-likeness (QED) is 0.240. The molecule has 1 aliphatic rings. The topological polar surface area (TPSA) is 161 Å². The molecule has 0 radical (unpaired) electrons. The van der Waals surface area contributed by atoms with Gasteiger partial charge in [0.05, 0.1) is 26.5 Å². The number of hydroxylamine groups is 1. The molecule has 13 heteroatoms. The molecule has 0 unspecified atom stereocenters. The minimum atomic E-state index is -1.20. The number of nitrogens with zero attached hydrogens (tertiary/aromatic N) is 2. The first-order valence-corrected chi connectivity index (χ1v) is 9.38. The number of rotatable bonds is 8. The first-order valence-electron chi connectivity index (χ1n) is 9.38. The van der Waals surface area contributed by atoms with Gasteiger partial charge in [-0.15, -0.1) is 5.48 Å². The normalized spacial score (nSPS) is 14.9. The largest absolute Gasteiger partial charge is 0.469 e. The Morgan fingerprint density at radius 1 is 1.12 bits per heavy atom. The Kier molecular flexibility index (Phi) is 8.51. The highest BCUT2D eigenvalue weighted by Crippen LogP contribution is 2.14. The highest BCUT2D eigenvalue weighted by molar-refractivity contribution is 6.06. The van der Waals surface area contributed by atoms with E-state index in [1.807, 2.05) is 0 Å². The average molecular weight is 450 g/mol. The summed E-state index contributed by atoms with van der Waals surface area (Å²) in [6.07, 6.45) is -1.89. The van der Waals surface area contributed by atoms with Gasteiger partial charge in [-0.3, -0.25) is 14.4 Å². The van der Waals surface area contributed by atoms with E-state index in [0.717, 1.165) is 24.6 Å². The van der Waals surface area contributed by atoms with Crippen LogP contribution in [0.2, 0.25) is 0 Å². The van der Waals surface area contributed by atoms with Crippen molar-refractivity contribution in [1.82, 2.24) is 20.8 Å². The zero-order chi connectivity index (χ0) is 23.7. The van der Waals surface area contributed by atoms with Gasteiger partial charge >= 0.3 is 24.1 Å². The second-order valence-electron chi connectivity index (χ2n) is 6.46. The van der Waals surface area contributed by atoms with E-state index >= 15 is 0 Å². The van der Waals surface area contributed by atoms with E-state index in [1.54, 1.807) is 35.8 Å². The van der Waals surface area contributed by atoms with E-state index in [9.17, 15) is 28.8 Å². The van der Waals surface area contributed by atoms with Gasteiger partial charge < -0.3 is 19.6 Å². The molecule has 1 atom stereocenters. The summed E-state index contributed by atoms with van der Waals surface area (Å²) in [6, 6.07) is 6.66. The number of hydrogen-bond acceptors (Lipinski definition) is 9. The number of hydrogen-bond donors (Lipinski definition) is 2. The molecule has 2 N–H and O–H groups in total. The summed E-state index contributed by atoms with van der Waals surface area (Å²) in [5, 5.41) is 3.49. The van der Waals surface area contributed by atoms with Crippen molar-refractivity contribution in [2.45, 2.75) is 32.4 Å². The van der Waals surface area contributed by atoms with Crippen LogP contribution in [-0.2, 0) is 40.1 Å². The van der Waals surface area contributed by atoms with E-state index in [1.165, 1.54) is 0 Å². The summed E-state index contributed by atoms with van der Waals surface area (Å²) < 4.78 is 9.33. The van der Waals surface area contributed by atoms with E-state index in [-0.39, 0.29) is 6.61 Å². The molecule has 1 fully saturated rings. The standard InChI is InChI=1S/C19H22N4O9/c1-12(24)22(23-17(27)14(20-18(23)28)10-16(26)30-2)9-8-15(25)32-21-19(29)31-11-13-6-4-3-5-7-13/h3-7,14H,8-11H2,1-2H3,(H,20,28)(H,21,29)/t14-/m0/s1. The molecular weight excluding hydrogens is 428 g/mol. The fourth-order valence-electron chi connectivity index (χ4n) is 2.63. The number of carbonyl (C=O) groups is 6. The number of methoxy groups -OCH3 is 1. The molecule has 0 bridgehead atoms. The molecule has 13 nitrogen and oxygen atoms in total. The lowest BCUT2D eigenvalue weighted by Gasteiger charge is -2.27. The highest BCUT2D eigenvalue weighted by atomic mass is 16.7. The lowest BCUT2D eigenvalue weighted by atomic mass is 10.2. The van der Waals surface area contributed by atoms with Crippen LogP contribution < -0.4 is 10.8 Å². The van der Waals surface area contributed by atoms with Gasteiger partial charge in [0.25, 0.3) is 5.91 Å². The Morgan fingerprint density at radius 3 is 2.44 bits per heavy atom. The van der Waals surface area contributed by atoms with E-state index in [2.05, 4.69) is 14.9 Å². The summed E-state index contributed by atoms with van der Waals surface area (Å²) in [4.78, 5) is 75.9. The van der Waals surface area contributed by atoms with Crippen molar-refractivity contribution in [3.63, 3.8) is 0 Å². The van der Waals surface area contributed by atoms with Gasteiger partial charge in [0.1, 0.15) is 12.6 Å². The lowest BCUT2D eigenvalue weighted by molar-refractivity contribution is -0.158. The van der Waals surface area contributed by atoms with Crippen molar-refractivity contribution in [3.8, 4) is 0 Å². The number of hydrazine groups is 1. The molecule has 0 saturated carbocycles. The molecule has 32 heavy (non-hydrogen) atoms. The number of ether oxygens (including phenoxy) is 2. The number of amides is 5. The first-order chi connectivity index (χ1) is 15.2. The second kappa shape index (κ2) is 11.3. The average Bonchev–Trinajstić information content (AvgIpc) is 3.04. The molecular formula is C19H22N4O9. The maximum atomic E-state index is 12.4. The maximum absolute atomic E-state index is 12.4. The minimum absolute atomic E-state index is 0.0404. The van der Waals surface area contributed by atoms with Crippen LogP contribution in [0.3, 0.4) is 0 Å². The first kappa shape index (κ1) is 24.1. The predicted molar refractivity (Wildman–Crippen MR) is 104 cm³/mol. The van der Waals surface area contributed by atoms with Gasteiger partial charge in [-0.05, 0) is 5.56 Å².